The molecule has 0 aliphatic carbocycles. The van der Waals surface area contributed by atoms with Crippen LogP contribution in [-0.4, -0.2) is 23.2 Å². The number of nitrogens with one attached hydrogen (secondary N) is 2. The van der Waals surface area contributed by atoms with Crippen LogP contribution in [0.25, 0.3) is 11.3 Å². The summed E-state index contributed by atoms with van der Waals surface area (Å²) in [5, 5.41) is 14.9. The number of methoxy groups -OCH3 is 1. The molecule has 0 radical (unpaired) electrons. The van der Waals surface area contributed by atoms with Gasteiger partial charge in [0, 0.05) is 12.0 Å². The van der Waals surface area contributed by atoms with Gasteiger partial charge >= 0.3 is 0 Å². The molecule has 24 heavy (non-hydrogen) atoms. The van der Waals surface area contributed by atoms with E-state index >= 15 is 0 Å². The highest BCUT2D eigenvalue weighted by molar-refractivity contribution is 7.80. The lowest BCUT2D eigenvalue weighted by Crippen LogP contribution is -2.33. The van der Waals surface area contributed by atoms with Crippen LogP contribution in [0.4, 0.5) is 5.69 Å². The van der Waals surface area contributed by atoms with Crippen molar-refractivity contribution in [3.05, 3.63) is 36.1 Å². The van der Waals surface area contributed by atoms with Crippen molar-refractivity contribution >= 4 is 28.9 Å². The Morgan fingerprint density at radius 3 is 2.75 bits per heavy atom. The van der Waals surface area contributed by atoms with Gasteiger partial charge in [0.15, 0.2) is 5.11 Å². The molecule has 1 heterocycles. The SMILES string of the molecule is CCCC(=O)NC(=S)Nc1cc(-c2ccc(CO)o2)ccc1OC. The van der Waals surface area contributed by atoms with Crippen LogP contribution in [0.5, 0.6) is 5.75 Å². The van der Waals surface area contributed by atoms with Gasteiger partial charge in [0.1, 0.15) is 23.9 Å². The molecule has 1 aromatic carbocycles. The zero-order valence-electron chi connectivity index (χ0n) is 13.6. The molecule has 1 aromatic heterocycles. The van der Waals surface area contributed by atoms with Crippen molar-refractivity contribution < 1.29 is 19.1 Å². The number of carbonyl (C=O) groups is 1. The van der Waals surface area contributed by atoms with E-state index in [9.17, 15) is 4.79 Å². The molecule has 0 saturated carbocycles. The molecular weight excluding hydrogens is 328 g/mol. The summed E-state index contributed by atoms with van der Waals surface area (Å²) in [6.07, 6.45) is 1.16. The lowest BCUT2D eigenvalue weighted by Gasteiger charge is -2.13. The molecule has 0 spiro atoms. The van der Waals surface area contributed by atoms with Gasteiger partial charge in [-0.3, -0.25) is 4.79 Å². The summed E-state index contributed by atoms with van der Waals surface area (Å²) in [5.41, 5.74) is 1.40. The van der Waals surface area contributed by atoms with Crippen molar-refractivity contribution in [1.29, 1.82) is 0 Å². The third kappa shape index (κ3) is 4.56. The summed E-state index contributed by atoms with van der Waals surface area (Å²) < 4.78 is 10.8. The van der Waals surface area contributed by atoms with Crippen LogP contribution >= 0.6 is 12.2 Å². The fourth-order valence-corrected chi connectivity index (χ4v) is 2.37. The Bertz CT molecular complexity index is 727. The summed E-state index contributed by atoms with van der Waals surface area (Å²) in [6, 6.07) is 8.90. The maximum atomic E-state index is 11.6. The largest absolute Gasteiger partial charge is 0.495 e. The highest BCUT2D eigenvalue weighted by Gasteiger charge is 2.11. The third-order valence-electron chi connectivity index (χ3n) is 3.28. The quantitative estimate of drug-likeness (QED) is 0.696. The van der Waals surface area contributed by atoms with E-state index in [1.165, 1.54) is 0 Å². The van der Waals surface area contributed by atoms with Crippen LogP contribution in [0, 0.1) is 0 Å². The van der Waals surface area contributed by atoms with Gasteiger partial charge in [0.2, 0.25) is 5.91 Å². The van der Waals surface area contributed by atoms with E-state index in [0.717, 1.165) is 12.0 Å². The first-order valence-electron chi connectivity index (χ1n) is 7.56. The van der Waals surface area contributed by atoms with E-state index in [0.29, 0.717) is 29.4 Å². The number of aliphatic hydroxyl groups excluding tert-OH is 1. The van der Waals surface area contributed by atoms with Crippen LogP contribution in [-0.2, 0) is 11.4 Å². The zero-order chi connectivity index (χ0) is 17.5. The zero-order valence-corrected chi connectivity index (χ0v) is 14.4. The Balaban J connectivity index is 2.19. The van der Waals surface area contributed by atoms with Crippen molar-refractivity contribution in [2.75, 3.05) is 12.4 Å². The minimum absolute atomic E-state index is 0.135. The maximum absolute atomic E-state index is 11.6. The first-order valence-corrected chi connectivity index (χ1v) is 7.97. The van der Waals surface area contributed by atoms with E-state index in [2.05, 4.69) is 10.6 Å². The Morgan fingerprint density at radius 2 is 2.12 bits per heavy atom. The number of benzene rings is 1. The van der Waals surface area contributed by atoms with Gasteiger partial charge in [-0.1, -0.05) is 6.92 Å². The fraction of sp³-hybridized carbons (Fsp3) is 0.294. The number of carbonyl (C=O) groups excluding carboxylic acids is 1. The number of aliphatic hydroxyl groups is 1. The monoisotopic (exact) mass is 348 g/mol. The molecule has 6 nitrogen and oxygen atoms in total. The molecular formula is C17H20N2O4S. The molecule has 0 aliphatic heterocycles. The number of anilines is 1. The summed E-state index contributed by atoms with van der Waals surface area (Å²) in [5.74, 6) is 1.55. The minimum atomic E-state index is -0.158. The third-order valence-corrected chi connectivity index (χ3v) is 3.48. The Hall–Kier alpha value is -2.38. The van der Waals surface area contributed by atoms with Gasteiger partial charge in [-0.05, 0) is 49.0 Å². The second kappa shape index (κ2) is 8.47. The number of thiocarbonyl (C=S) groups is 1. The number of amides is 1. The predicted octanol–water partition coefficient (Wildman–Crippen LogP) is 3.06. The second-order valence-electron chi connectivity index (χ2n) is 5.09. The van der Waals surface area contributed by atoms with Crippen molar-refractivity contribution in [2.45, 2.75) is 26.4 Å². The second-order valence-corrected chi connectivity index (χ2v) is 5.50. The van der Waals surface area contributed by atoms with Crippen molar-refractivity contribution in [3.8, 4) is 17.1 Å². The number of ether oxygens (including phenoxy) is 1. The standard InChI is InChI=1S/C17H20N2O4S/c1-3-4-16(21)19-17(24)18-13-9-11(5-7-15(13)22-2)14-8-6-12(10-20)23-14/h5-9,20H,3-4,10H2,1-2H3,(H2,18,19,21,24). The maximum Gasteiger partial charge on any atom is 0.226 e. The number of hydrogen-bond donors (Lipinski definition) is 3. The Morgan fingerprint density at radius 1 is 1.33 bits per heavy atom. The van der Waals surface area contributed by atoms with E-state index < -0.39 is 0 Å². The average molecular weight is 348 g/mol. The molecule has 0 unspecified atom stereocenters. The average Bonchev–Trinajstić information content (AvgIpc) is 3.04. The molecule has 1 amide bonds. The van der Waals surface area contributed by atoms with Crippen molar-refractivity contribution in [2.24, 2.45) is 0 Å². The van der Waals surface area contributed by atoms with Crippen LogP contribution in [0.1, 0.15) is 25.5 Å². The molecule has 0 aliphatic rings. The lowest BCUT2D eigenvalue weighted by molar-refractivity contribution is -0.119. The molecule has 0 bridgehead atoms. The summed E-state index contributed by atoms with van der Waals surface area (Å²) in [4.78, 5) is 11.6. The number of hydrogen-bond acceptors (Lipinski definition) is 5. The number of furan rings is 1. The molecule has 7 heteroatoms. The van der Waals surface area contributed by atoms with E-state index in [-0.39, 0.29) is 17.6 Å². The van der Waals surface area contributed by atoms with Gasteiger partial charge in [-0.25, -0.2) is 0 Å². The molecule has 2 aromatic rings. The van der Waals surface area contributed by atoms with Crippen LogP contribution in [0.3, 0.4) is 0 Å². The summed E-state index contributed by atoms with van der Waals surface area (Å²) in [6.45, 7) is 1.77. The Labute approximate surface area is 145 Å². The summed E-state index contributed by atoms with van der Waals surface area (Å²) in [7, 11) is 1.55. The molecule has 3 N–H and O–H groups in total. The van der Waals surface area contributed by atoms with Crippen LogP contribution in [0.2, 0.25) is 0 Å². The van der Waals surface area contributed by atoms with Gasteiger partial charge in [-0.2, -0.15) is 0 Å². The highest BCUT2D eigenvalue weighted by Crippen LogP contribution is 2.31. The van der Waals surface area contributed by atoms with Crippen molar-refractivity contribution in [1.82, 2.24) is 5.32 Å². The molecule has 0 saturated heterocycles. The highest BCUT2D eigenvalue weighted by atomic mass is 32.1. The topological polar surface area (TPSA) is 83.7 Å². The number of rotatable bonds is 6. The van der Waals surface area contributed by atoms with Crippen LogP contribution < -0.4 is 15.4 Å². The summed E-state index contributed by atoms with van der Waals surface area (Å²) >= 11 is 5.16. The molecule has 128 valence electrons. The predicted molar refractivity (Wildman–Crippen MR) is 95.9 cm³/mol. The van der Waals surface area contributed by atoms with E-state index in [4.69, 9.17) is 26.5 Å². The van der Waals surface area contributed by atoms with Gasteiger partial charge < -0.3 is 24.9 Å². The molecule has 0 fully saturated rings. The normalized spacial score (nSPS) is 10.3. The fourth-order valence-electron chi connectivity index (χ4n) is 2.15. The first kappa shape index (κ1) is 18.0. The molecule has 2 rings (SSSR count). The smallest absolute Gasteiger partial charge is 0.226 e. The van der Waals surface area contributed by atoms with Gasteiger partial charge in [0.05, 0.1) is 12.8 Å². The molecule has 0 atom stereocenters. The van der Waals surface area contributed by atoms with Crippen LogP contribution in [0.15, 0.2) is 34.7 Å². The van der Waals surface area contributed by atoms with Crippen molar-refractivity contribution in [3.63, 3.8) is 0 Å². The van der Waals surface area contributed by atoms with E-state index in [1.807, 2.05) is 13.0 Å². The van der Waals surface area contributed by atoms with E-state index in [1.54, 1.807) is 31.4 Å². The Kier molecular flexibility index (Phi) is 6.34. The van der Waals surface area contributed by atoms with Gasteiger partial charge in [-0.15, -0.1) is 0 Å². The minimum Gasteiger partial charge on any atom is -0.495 e. The lowest BCUT2D eigenvalue weighted by atomic mass is 10.1. The van der Waals surface area contributed by atoms with Gasteiger partial charge in [0.25, 0.3) is 0 Å². The first-order chi connectivity index (χ1) is 11.6.